The molecule has 3 rings (SSSR count). The molecule has 112 valence electrons. The smallest absolute Gasteiger partial charge is 0.0175 e. The highest BCUT2D eigenvalue weighted by Crippen LogP contribution is 2.22. The molecule has 1 aliphatic rings. The second-order valence-electron chi connectivity index (χ2n) is 6.00. The first-order chi connectivity index (χ1) is 10.3. The van der Waals surface area contributed by atoms with Crippen molar-refractivity contribution in [2.75, 3.05) is 6.54 Å². The minimum Gasteiger partial charge on any atom is -0.314 e. The van der Waals surface area contributed by atoms with Gasteiger partial charge in [-0.3, -0.25) is 0 Å². The van der Waals surface area contributed by atoms with Gasteiger partial charge >= 0.3 is 0 Å². The lowest BCUT2D eigenvalue weighted by Crippen LogP contribution is -2.26. The first kappa shape index (κ1) is 15.3. The molecule has 1 atom stereocenters. The van der Waals surface area contributed by atoms with Gasteiger partial charge in [0.25, 0.3) is 0 Å². The summed E-state index contributed by atoms with van der Waals surface area (Å²) < 4.78 is 1.16. The average Bonchev–Trinajstić information content (AvgIpc) is 3.18. The summed E-state index contributed by atoms with van der Waals surface area (Å²) in [5.74, 6) is 0.730. The molecule has 1 saturated carbocycles. The summed E-state index contributed by atoms with van der Waals surface area (Å²) in [6.07, 6.45) is 6.41. The van der Waals surface area contributed by atoms with Crippen molar-refractivity contribution >= 4 is 27.3 Å². The summed E-state index contributed by atoms with van der Waals surface area (Å²) in [4.78, 5) is 1.52. The zero-order valence-electron chi connectivity index (χ0n) is 12.2. The van der Waals surface area contributed by atoms with Crippen LogP contribution in [-0.2, 0) is 12.8 Å². The molecule has 0 radical (unpaired) electrons. The molecule has 21 heavy (non-hydrogen) atoms. The zero-order chi connectivity index (χ0) is 14.5. The topological polar surface area (TPSA) is 12.0 Å². The molecular weight excluding hydrogens is 342 g/mol. The van der Waals surface area contributed by atoms with Gasteiger partial charge in [0.2, 0.25) is 0 Å². The average molecular weight is 364 g/mol. The van der Waals surface area contributed by atoms with Gasteiger partial charge in [-0.25, -0.2) is 0 Å². The highest BCUT2D eigenvalue weighted by molar-refractivity contribution is 9.10. The Bertz CT molecular complexity index is 531. The maximum atomic E-state index is 3.71. The molecule has 1 heterocycles. The van der Waals surface area contributed by atoms with Crippen molar-refractivity contribution in [3.05, 3.63) is 56.7 Å². The van der Waals surface area contributed by atoms with Gasteiger partial charge in [0.05, 0.1) is 0 Å². The lowest BCUT2D eigenvalue weighted by Gasteiger charge is -2.17. The Morgan fingerprint density at radius 3 is 2.67 bits per heavy atom. The van der Waals surface area contributed by atoms with Gasteiger partial charge in [-0.1, -0.05) is 34.1 Å². The third-order valence-corrected chi connectivity index (χ3v) is 5.55. The van der Waals surface area contributed by atoms with Crippen molar-refractivity contribution in [3.63, 3.8) is 0 Å². The lowest BCUT2D eigenvalue weighted by atomic mass is 9.94. The van der Waals surface area contributed by atoms with E-state index in [9.17, 15) is 0 Å². The van der Waals surface area contributed by atoms with E-state index in [-0.39, 0.29) is 0 Å². The molecule has 1 N–H and O–H groups in total. The Hall–Kier alpha value is -0.640. The monoisotopic (exact) mass is 363 g/mol. The van der Waals surface area contributed by atoms with E-state index in [2.05, 4.69) is 63.0 Å². The Balaban J connectivity index is 1.55. The Kier molecular flexibility index (Phi) is 5.50. The molecule has 1 aliphatic carbocycles. The van der Waals surface area contributed by atoms with Crippen molar-refractivity contribution in [1.82, 2.24) is 5.32 Å². The summed E-state index contributed by atoms with van der Waals surface area (Å²) >= 11 is 5.40. The summed E-state index contributed by atoms with van der Waals surface area (Å²) in [7, 11) is 0. The highest BCUT2D eigenvalue weighted by Gasteiger charge is 2.22. The van der Waals surface area contributed by atoms with Gasteiger partial charge in [-0.2, -0.15) is 0 Å². The van der Waals surface area contributed by atoms with Crippen LogP contribution in [0, 0.1) is 5.92 Å². The summed E-state index contributed by atoms with van der Waals surface area (Å²) in [6, 6.07) is 14.0. The number of hydrogen-bond donors (Lipinski definition) is 1. The second-order valence-corrected chi connectivity index (χ2v) is 7.95. The van der Waals surface area contributed by atoms with E-state index < -0.39 is 0 Å². The van der Waals surface area contributed by atoms with Gasteiger partial charge in [-0.05, 0) is 73.7 Å². The van der Waals surface area contributed by atoms with Gasteiger partial charge in [0.15, 0.2) is 0 Å². The van der Waals surface area contributed by atoms with Crippen LogP contribution in [0.5, 0.6) is 0 Å². The van der Waals surface area contributed by atoms with Gasteiger partial charge in [0, 0.05) is 15.4 Å². The maximum absolute atomic E-state index is 3.71. The van der Waals surface area contributed by atoms with E-state index in [1.165, 1.54) is 42.5 Å². The Labute approximate surface area is 139 Å². The number of nitrogens with one attached hydrogen (secondary N) is 1. The van der Waals surface area contributed by atoms with Crippen LogP contribution in [0.1, 0.15) is 29.7 Å². The van der Waals surface area contributed by atoms with E-state index in [4.69, 9.17) is 0 Å². The van der Waals surface area contributed by atoms with Crippen LogP contribution >= 0.6 is 27.3 Å². The number of hydrogen-bond acceptors (Lipinski definition) is 2. The fraction of sp³-hybridized carbons (Fsp3) is 0.444. The normalized spacial score (nSPS) is 16.0. The predicted octanol–water partition coefficient (Wildman–Crippen LogP) is 5.05. The number of rotatable bonds is 8. The fourth-order valence-electron chi connectivity index (χ4n) is 2.65. The molecule has 1 aromatic heterocycles. The summed E-state index contributed by atoms with van der Waals surface area (Å²) in [6.45, 7) is 1.16. The molecule has 0 amide bonds. The van der Waals surface area contributed by atoms with Crippen LogP contribution < -0.4 is 5.32 Å². The number of halogens is 1. The van der Waals surface area contributed by atoms with Crippen LogP contribution in [0.2, 0.25) is 0 Å². The van der Waals surface area contributed by atoms with Crippen LogP contribution in [-0.4, -0.2) is 12.6 Å². The first-order valence-electron chi connectivity index (χ1n) is 7.80. The highest BCUT2D eigenvalue weighted by atomic mass is 79.9. The maximum Gasteiger partial charge on any atom is 0.0175 e. The molecule has 0 spiro atoms. The second kappa shape index (κ2) is 7.57. The standard InChI is InChI=1S/C18H22BrNS/c19-16-6-3-14(4-7-16)12-15(13-20-17-8-9-17)5-10-18-2-1-11-21-18/h1-4,6-7,11,15,17,20H,5,8-10,12-13H2. The van der Waals surface area contributed by atoms with Crippen molar-refractivity contribution in [3.8, 4) is 0 Å². The number of thiophene rings is 1. The SMILES string of the molecule is Brc1ccc(CC(CCc2cccs2)CNC2CC2)cc1. The molecule has 0 saturated heterocycles. The van der Waals surface area contributed by atoms with Crippen molar-refractivity contribution in [1.29, 1.82) is 0 Å². The van der Waals surface area contributed by atoms with E-state index >= 15 is 0 Å². The zero-order valence-corrected chi connectivity index (χ0v) is 14.6. The molecule has 1 unspecified atom stereocenters. The largest absolute Gasteiger partial charge is 0.314 e. The number of aryl methyl sites for hydroxylation is 1. The fourth-order valence-corrected chi connectivity index (χ4v) is 3.64. The molecule has 2 aromatic rings. The molecule has 1 fully saturated rings. The van der Waals surface area contributed by atoms with Crippen molar-refractivity contribution in [2.24, 2.45) is 5.92 Å². The Morgan fingerprint density at radius 2 is 2.00 bits per heavy atom. The van der Waals surface area contributed by atoms with Crippen LogP contribution in [0.15, 0.2) is 46.3 Å². The first-order valence-corrected chi connectivity index (χ1v) is 9.47. The molecule has 0 bridgehead atoms. The van der Waals surface area contributed by atoms with Crippen LogP contribution in [0.3, 0.4) is 0 Å². The lowest BCUT2D eigenvalue weighted by molar-refractivity contribution is 0.443. The minimum absolute atomic E-state index is 0.730. The number of benzene rings is 1. The van der Waals surface area contributed by atoms with E-state index in [1.807, 2.05) is 11.3 Å². The summed E-state index contributed by atoms with van der Waals surface area (Å²) in [5.41, 5.74) is 1.45. The minimum atomic E-state index is 0.730. The van der Waals surface area contributed by atoms with Gasteiger partial charge in [0.1, 0.15) is 0 Å². The van der Waals surface area contributed by atoms with Gasteiger partial charge < -0.3 is 5.32 Å². The quantitative estimate of drug-likeness (QED) is 0.691. The van der Waals surface area contributed by atoms with Crippen molar-refractivity contribution < 1.29 is 0 Å². The molecular formula is C18H22BrNS. The molecule has 3 heteroatoms. The third kappa shape index (κ3) is 5.24. The van der Waals surface area contributed by atoms with E-state index in [0.717, 1.165) is 23.0 Å². The summed E-state index contributed by atoms with van der Waals surface area (Å²) in [5, 5.41) is 5.89. The van der Waals surface area contributed by atoms with Crippen molar-refractivity contribution in [2.45, 2.75) is 38.1 Å². The van der Waals surface area contributed by atoms with Crippen LogP contribution in [0.4, 0.5) is 0 Å². The van der Waals surface area contributed by atoms with Crippen LogP contribution in [0.25, 0.3) is 0 Å². The van der Waals surface area contributed by atoms with Gasteiger partial charge in [-0.15, -0.1) is 11.3 Å². The predicted molar refractivity (Wildman–Crippen MR) is 95.0 cm³/mol. The molecule has 0 aliphatic heterocycles. The molecule has 1 nitrogen and oxygen atoms in total. The third-order valence-electron chi connectivity index (χ3n) is 4.09. The molecule has 1 aromatic carbocycles. The van der Waals surface area contributed by atoms with E-state index in [1.54, 1.807) is 0 Å². The Morgan fingerprint density at radius 1 is 1.19 bits per heavy atom. The van der Waals surface area contributed by atoms with E-state index in [0.29, 0.717) is 0 Å².